The normalized spacial score (nSPS) is 11.6. The molecule has 1 aromatic heterocycles. The average Bonchev–Trinajstić information content (AvgIpc) is 3.20. The van der Waals surface area contributed by atoms with Crippen molar-refractivity contribution >= 4 is 5.97 Å². The van der Waals surface area contributed by atoms with Gasteiger partial charge in [0.1, 0.15) is 23.9 Å². The minimum absolute atomic E-state index is 0.117. The molecular formula is C20H19FN2O4. The minimum atomic E-state index is -0.557. The molecule has 3 aromatic rings. The zero-order valence-corrected chi connectivity index (χ0v) is 14.7. The maximum Gasteiger partial charge on any atom is 0.338 e. The zero-order chi connectivity index (χ0) is 19.1. The third-order valence-electron chi connectivity index (χ3n) is 3.82. The van der Waals surface area contributed by atoms with Crippen molar-refractivity contribution in [1.29, 1.82) is 0 Å². The molecule has 1 unspecified atom stereocenters. The second-order valence-electron chi connectivity index (χ2n) is 5.78. The van der Waals surface area contributed by atoms with Crippen LogP contribution < -0.4 is 9.47 Å². The summed E-state index contributed by atoms with van der Waals surface area (Å²) in [4.78, 5) is 16.4. The van der Waals surface area contributed by atoms with E-state index in [0.717, 1.165) is 0 Å². The van der Waals surface area contributed by atoms with E-state index >= 15 is 0 Å². The molecule has 6 nitrogen and oxygen atoms in total. The smallest absolute Gasteiger partial charge is 0.338 e. The van der Waals surface area contributed by atoms with Crippen molar-refractivity contribution < 1.29 is 23.4 Å². The van der Waals surface area contributed by atoms with E-state index in [4.69, 9.17) is 14.2 Å². The highest BCUT2D eigenvalue weighted by Gasteiger charge is 2.18. The molecule has 2 aromatic carbocycles. The fourth-order valence-electron chi connectivity index (χ4n) is 2.42. The van der Waals surface area contributed by atoms with Crippen LogP contribution in [0.25, 0.3) is 0 Å². The van der Waals surface area contributed by atoms with Crippen LogP contribution in [0.5, 0.6) is 11.5 Å². The van der Waals surface area contributed by atoms with Gasteiger partial charge in [-0.2, -0.15) is 0 Å². The summed E-state index contributed by atoms with van der Waals surface area (Å²) in [5, 5.41) is 0. The van der Waals surface area contributed by atoms with Crippen molar-refractivity contribution in [3.8, 4) is 11.5 Å². The third-order valence-corrected chi connectivity index (χ3v) is 3.82. The molecule has 0 saturated carbocycles. The monoisotopic (exact) mass is 370 g/mol. The zero-order valence-electron chi connectivity index (χ0n) is 14.7. The number of nitrogens with zero attached hydrogens (tertiary/aromatic N) is 2. The van der Waals surface area contributed by atoms with E-state index in [-0.39, 0.29) is 12.4 Å². The number of hydrogen-bond donors (Lipinski definition) is 0. The lowest BCUT2D eigenvalue weighted by Crippen LogP contribution is -2.29. The summed E-state index contributed by atoms with van der Waals surface area (Å²) >= 11 is 0. The van der Waals surface area contributed by atoms with E-state index in [1.165, 1.54) is 24.3 Å². The molecule has 0 amide bonds. The number of rotatable bonds is 8. The molecular weight excluding hydrogens is 351 g/mol. The molecule has 0 bridgehead atoms. The molecule has 0 N–H and O–H groups in total. The molecule has 0 aliphatic rings. The summed E-state index contributed by atoms with van der Waals surface area (Å²) < 4.78 is 31.1. The molecule has 27 heavy (non-hydrogen) atoms. The number of benzene rings is 2. The number of methoxy groups -OCH3 is 1. The van der Waals surface area contributed by atoms with Crippen molar-refractivity contribution in [3.05, 3.63) is 78.6 Å². The first-order valence-corrected chi connectivity index (χ1v) is 8.33. The van der Waals surface area contributed by atoms with Gasteiger partial charge in [-0.25, -0.2) is 14.2 Å². The van der Waals surface area contributed by atoms with Crippen LogP contribution >= 0.6 is 0 Å². The van der Waals surface area contributed by atoms with Crippen molar-refractivity contribution in [2.75, 3.05) is 13.7 Å². The summed E-state index contributed by atoms with van der Waals surface area (Å²) in [7, 11) is 1.56. The summed E-state index contributed by atoms with van der Waals surface area (Å²) in [5.41, 5.74) is 0.410. The summed E-state index contributed by atoms with van der Waals surface area (Å²) in [6.07, 6.45) is 4.49. The highest BCUT2D eigenvalue weighted by molar-refractivity contribution is 5.89. The summed E-state index contributed by atoms with van der Waals surface area (Å²) in [6, 6.07) is 12.3. The SMILES string of the molecule is COc1ccc(C(=O)OC(COc2ccc(F)cc2)Cn2ccnc2)cc1. The number of halogens is 1. The van der Waals surface area contributed by atoms with Gasteiger partial charge >= 0.3 is 5.97 Å². The molecule has 140 valence electrons. The lowest BCUT2D eigenvalue weighted by Gasteiger charge is -2.19. The quantitative estimate of drug-likeness (QED) is 0.569. The highest BCUT2D eigenvalue weighted by Crippen LogP contribution is 2.15. The topological polar surface area (TPSA) is 62.6 Å². The maximum atomic E-state index is 13.0. The first-order valence-electron chi connectivity index (χ1n) is 8.33. The van der Waals surface area contributed by atoms with Crippen LogP contribution in [0.4, 0.5) is 4.39 Å². The van der Waals surface area contributed by atoms with Crippen molar-refractivity contribution in [1.82, 2.24) is 9.55 Å². The van der Waals surface area contributed by atoms with E-state index in [9.17, 15) is 9.18 Å². The Hall–Kier alpha value is -3.35. The summed E-state index contributed by atoms with van der Waals surface area (Å²) in [6.45, 7) is 0.495. The van der Waals surface area contributed by atoms with Crippen LogP contribution in [0.3, 0.4) is 0 Å². The maximum absolute atomic E-state index is 13.0. The number of carbonyl (C=O) groups is 1. The Morgan fingerprint density at radius 3 is 2.44 bits per heavy atom. The van der Waals surface area contributed by atoms with E-state index in [2.05, 4.69) is 4.98 Å². The second kappa shape index (κ2) is 8.84. The Balaban J connectivity index is 1.66. The number of aromatic nitrogens is 2. The van der Waals surface area contributed by atoms with Crippen LogP contribution in [-0.4, -0.2) is 35.3 Å². The lowest BCUT2D eigenvalue weighted by molar-refractivity contribution is 0.0125. The molecule has 1 atom stereocenters. The first kappa shape index (κ1) is 18.4. The predicted molar refractivity (Wildman–Crippen MR) is 96.3 cm³/mol. The van der Waals surface area contributed by atoms with E-state index in [1.807, 2.05) is 0 Å². The average molecular weight is 370 g/mol. The summed E-state index contributed by atoms with van der Waals surface area (Å²) in [5.74, 6) is 0.336. The Kier molecular flexibility index (Phi) is 6.04. The predicted octanol–water partition coefficient (Wildman–Crippen LogP) is 3.34. The second-order valence-corrected chi connectivity index (χ2v) is 5.78. The standard InChI is InChI=1S/C20H19FN2O4/c1-25-17-6-2-15(3-7-17)20(24)27-19(12-23-11-10-22-14-23)13-26-18-8-4-16(21)5-9-18/h2-11,14,19H,12-13H2,1H3. The van der Waals surface area contributed by atoms with Gasteiger partial charge in [-0.1, -0.05) is 0 Å². The Morgan fingerprint density at radius 1 is 1.11 bits per heavy atom. The van der Waals surface area contributed by atoms with E-state index in [0.29, 0.717) is 23.6 Å². The van der Waals surface area contributed by atoms with Crippen molar-refractivity contribution in [2.24, 2.45) is 0 Å². The van der Waals surface area contributed by atoms with Crippen molar-refractivity contribution in [3.63, 3.8) is 0 Å². The molecule has 0 radical (unpaired) electrons. The van der Waals surface area contributed by atoms with Gasteiger partial charge in [-0.15, -0.1) is 0 Å². The number of carbonyl (C=O) groups excluding carboxylic acids is 1. The van der Waals surface area contributed by atoms with Gasteiger partial charge in [0.2, 0.25) is 0 Å². The van der Waals surface area contributed by atoms with Gasteiger partial charge in [0.25, 0.3) is 0 Å². The highest BCUT2D eigenvalue weighted by atomic mass is 19.1. The van der Waals surface area contributed by atoms with Crippen LogP contribution in [0.1, 0.15) is 10.4 Å². The van der Waals surface area contributed by atoms with Gasteiger partial charge in [-0.3, -0.25) is 0 Å². The largest absolute Gasteiger partial charge is 0.497 e. The van der Waals surface area contributed by atoms with Crippen LogP contribution in [0.15, 0.2) is 67.3 Å². The van der Waals surface area contributed by atoms with Crippen LogP contribution in [-0.2, 0) is 11.3 Å². The molecule has 0 fully saturated rings. The van der Waals surface area contributed by atoms with Gasteiger partial charge in [0.15, 0.2) is 6.10 Å². The van der Waals surface area contributed by atoms with E-state index < -0.39 is 12.1 Å². The molecule has 0 saturated heterocycles. The van der Waals surface area contributed by atoms with Gasteiger partial charge in [0.05, 0.1) is 25.5 Å². The number of imidazole rings is 1. The third kappa shape index (κ3) is 5.31. The molecule has 1 heterocycles. The van der Waals surface area contributed by atoms with Crippen LogP contribution in [0, 0.1) is 5.82 Å². The van der Waals surface area contributed by atoms with Gasteiger partial charge in [0, 0.05) is 12.4 Å². The number of ether oxygens (including phenoxy) is 3. The minimum Gasteiger partial charge on any atom is -0.497 e. The Bertz CT molecular complexity index is 849. The van der Waals surface area contributed by atoms with Crippen molar-refractivity contribution in [2.45, 2.75) is 12.6 Å². The molecule has 3 rings (SSSR count). The number of esters is 1. The fourth-order valence-corrected chi connectivity index (χ4v) is 2.42. The lowest BCUT2D eigenvalue weighted by atomic mass is 10.2. The van der Waals surface area contributed by atoms with E-state index in [1.54, 1.807) is 54.7 Å². The molecule has 0 spiro atoms. The molecule has 0 aliphatic carbocycles. The Morgan fingerprint density at radius 2 is 1.81 bits per heavy atom. The molecule has 0 aliphatic heterocycles. The number of hydrogen-bond acceptors (Lipinski definition) is 5. The van der Waals surface area contributed by atoms with Gasteiger partial charge in [-0.05, 0) is 48.5 Å². The van der Waals surface area contributed by atoms with Gasteiger partial charge < -0.3 is 18.8 Å². The molecule has 7 heteroatoms. The van der Waals surface area contributed by atoms with Crippen LogP contribution in [0.2, 0.25) is 0 Å². The Labute approximate surface area is 156 Å². The fraction of sp³-hybridized carbons (Fsp3) is 0.200. The first-order chi connectivity index (χ1) is 13.1.